The molecule has 0 saturated carbocycles. The lowest BCUT2D eigenvalue weighted by Gasteiger charge is -2.14. The van der Waals surface area contributed by atoms with E-state index in [4.69, 9.17) is 0 Å². The summed E-state index contributed by atoms with van der Waals surface area (Å²) in [5, 5.41) is 7.97. The molecule has 0 heteroatoms. The zero-order valence-corrected chi connectivity index (χ0v) is 23.3. The van der Waals surface area contributed by atoms with Crippen molar-refractivity contribution in [3.05, 3.63) is 168 Å². The molecule has 0 aliphatic heterocycles. The van der Waals surface area contributed by atoms with Gasteiger partial charge in [-0.2, -0.15) is 0 Å². The van der Waals surface area contributed by atoms with E-state index in [1.807, 2.05) is 0 Å². The van der Waals surface area contributed by atoms with Gasteiger partial charge in [0, 0.05) is 0 Å². The van der Waals surface area contributed by atoms with Crippen LogP contribution in [0.5, 0.6) is 0 Å². The normalized spacial score (nSPS) is 12.5. The first kappa shape index (κ1) is 25.1. The molecule has 196 valence electrons. The molecule has 0 heterocycles. The van der Waals surface area contributed by atoms with Gasteiger partial charge in [-0.05, 0) is 91.0 Å². The third kappa shape index (κ3) is 4.94. The summed E-state index contributed by atoms with van der Waals surface area (Å²) in [6.07, 6.45) is 6.62. The standard InChI is InChI=1S/C41H32/c1-29(15-17-33(32-11-6-3-7-12-32)18-16-30-9-4-2-5-10-30)31-19-21-34(22-20-31)38-27-25-37-24-23-35-13-8-14-36-26-28-39(38)41(37)40(35)36/h2-15,17,19-28H,16,18H2,1H3/b29-15+,33-17+. The molecule has 0 atom stereocenters. The second-order valence-corrected chi connectivity index (χ2v) is 10.9. The molecule has 0 aliphatic carbocycles. The van der Waals surface area contributed by atoms with Crippen LogP contribution in [-0.2, 0) is 6.42 Å². The number of aryl methyl sites for hydroxylation is 1. The zero-order valence-electron chi connectivity index (χ0n) is 23.3. The summed E-state index contributed by atoms with van der Waals surface area (Å²) in [5.41, 5.74) is 9.07. The Kier molecular flexibility index (Phi) is 6.67. The van der Waals surface area contributed by atoms with E-state index in [9.17, 15) is 0 Å². The van der Waals surface area contributed by atoms with Crippen LogP contribution in [0.1, 0.15) is 30.0 Å². The molecule has 0 nitrogen and oxygen atoms in total. The minimum atomic E-state index is 1.01. The molecule has 0 radical (unpaired) electrons. The lowest BCUT2D eigenvalue weighted by atomic mass is 9.89. The Bertz CT molecular complexity index is 1990. The molecule has 41 heavy (non-hydrogen) atoms. The van der Waals surface area contributed by atoms with Gasteiger partial charge in [0.1, 0.15) is 0 Å². The molecule has 7 rings (SSSR count). The monoisotopic (exact) mass is 524 g/mol. The highest BCUT2D eigenvalue weighted by molar-refractivity contribution is 6.25. The Morgan fingerprint density at radius 1 is 0.512 bits per heavy atom. The largest absolute Gasteiger partial charge is 0.0622 e. The van der Waals surface area contributed by atoms with Gasteiger partial charge in [-0.3, -0.25) is 0 Å². The predicted octanol–water partition coefficient (Wildman–Crippen LogP) is 11.4. The van der Waals surface area contributed by atoms with Gasteiger partial charge in [-0.1, -0.05) is 152 Å². The lowest BCUT2D eigenvalue weighted by molar-refractivity contribution is 1.02. The maximum Gasteiger partial charge on any atom is -0.00206 e. The van der Waals surface area contributed by atoms with E-state index in [0.717, 1.165) is 12.8 Å². The number of rotatable bonds is 7. The summed E-state index contributed by atoms with van der Waals surface area (Å²) in [6, 6.07) is 50.8. The van der Waals surface area contributed by atoms with Crippen molar-refractivity contribution in [3.8, 4) is 11.1 Å². The summed E-state index contributed by atoms with van der Waals surface area (Å²) < 4.78 is 0. The molecule has 7 aromatic rings. The van der Waals surface area contributed by atoms with Gasteiger partial charge >= 0.3 is 0 Å². The molecular weight excluding hydrogens is 492 g/mol. The van der Waals surface area contributed by atoms with Crippen molar-refractivity contribution in [2.24, 2.45) is 0 Å². The molecule has 0 fully saturated rings. The van der Waals surface area contributed by atoms with Gasteiger partial charge < -0.3 is 0 Å². The summed E-state index contributed by atoms with van der Waals surface area (Å²) in [7, 11) is 0. The molecule has 0 unspecified atom stereocenters. The van der Waals surface area contributed by atoms with Crippen LogP contribution in [-0.4, -0.2) is 0 Å². The van der Waals surface area contributed by atoms with Crippen LogP contribution in [0.25, 0.3) is 54.6 Å². The number of benzene rings is 7. The van der Waals surface area contributed by atoms with E-state index in [1.54, 1.807) is 0 Å². The molecule has 0 aliphatic rings. The Morgan fingerprint density at radius 3 is 1.88 bits per heavy atom. The average molecular weight is 525 g/mol. The predicted molar refractivity (Wildman–Crippen MR) is 178 cm³/mol. The maximum atomic E-state index is 2.31. The van der Waals surface area contributed by atoms with Crippen LogP contribution in [0.4, 0.5) is 0 Å². The smallest absolute Gasteiger partial charge is 0.00206 e. The van der Waals surface area contributed by atoms with Crippen molar-refractivity contribution in [1.29, 1.82) is 0 Å². The molecule has 0 aromatic heterocycles. The molecule has 0 spiro atoms. The van der Waals surface area contributed by atoms with Crippen LogP contribution in [0.2, 0.25) is 0 Å². The van der Waals surface area contributed by atoms with E-state index in [-0.39, 0.29) is 0 Å². The topological polar surface area (TPSA) is 0 Å². The quantitative estimate of drug-likeness (QED) is 0.144. The summed E-state index contributed by atoms with van der Waals surface area (Å²) in [5.74, 6) is 0. The summed E-state index contributed by atoms with van der Waals surface area (Å²) in [4.78, 5) is 0. The van der Waals surface area contributed by atoms with E-state index in [1.165, 1.54) is 71.3 Å². The van der Waals surface area contributed by atoms with E-state index >= 15 is 0 Å². The number of hydrogen-bond donors (Lipinski definition) is 0. The van der Waals surface area contributed by atoms with Crippen molar-refractivity contribution in [2.45, 2.75) is 19.8 Å². The highest BCUT2D eigenvalue weighted by Gasteiger charge is 2.12. The SMILES string of the molecule is C/C(=C\C=C(/CCc1ccccc1)c1ccccc1)c1ccc(-c2ccc3ccc4cccc5ccc2c3c45)cc1. The van der Waals surface area contributed by atoms with Gasteiger partial charge in [0.2, 0.25) is 0 Å². The number of allylic oxidation sites excluding steroid dienone is 4. The second kappa shape index (κ2) is 10.9. The summed E-state index contributed by atoms with van der Waals surface area (Å²) in [6.45, 7) is 2.21. The fraction of sp³-hybridized carbons (Fsp3) is 0.0732. The third-order valence-electron chi connectivity index (χ3n) is 8.38. The Balaban J connectivity index is 1.20. The van der Waals surface area contributed by atoms with Crippen molar-refractivity contribution >= 4 is 43.5 Å². The zero-order chi connectivity index (χ0) is 27.6. The van der Waals surface area contributed by atoms with Crippen molar-refractivity contribution in [2.75, 3.05) is 0 Å². The van der Waals surface area contributed by atoms with E-state index in [2.05, 4.69) is 159 Å². The fourth-order valence-corrected chi connectivity index (χ4v) is 6.12. The highest BCUT2D eigenvalue weighted by atomic mass is 14.2. The molecule has 0 bridgehead atoms. The van der Waals surface area contributed by atoms with Crippen molar-refractivity contribution in [3.63, 3.8) is 0 Å². The fourth-order valence-electron chi connectivity index (χ4n) is 6.12. The minimum Gasteiger partial charge on any atom is -0.0622 e. The van der Waals surface area contributed by atoms with Crippen LogP contribution in [0, 0.1) is 0 Å². The minimum absolute atomic E-state index is 1.01. The second-order valence-electron chi connectivity index (χ2n) is 10.9. The molecule has 7 aromatic carbocycles. The maximum absolute atomic E-state index is 2.31. The molecular formula is C41H32. The Morgan fingerprint density at radius 2 is 1.15 bits per heavy atom. The Hall–Kier alpha value is -4.94. The molecule has 0 saturated heterocycles. The number of hydrogen-bond acceptors (Lipinski definition) is 0. The van der Waals surface area contributed by atoms with Crippen LogP contribution in [0.3, 0.4) is 0 Å². The van der Waals surface area contributed by atoms with E-state index in [0.29, 0.717) is 0 Å². The van der Waals surface area contributed by atoms with Gasteiger partial charge in [0.25, 0.3) is 0 Å². The first-order chi connectivity index (χ1) is 20.2. The first-order valence-electron chi connectivity index (χ1n) is 14.5. The van der Waals surface area contributed by atoms with Crippen LogP contribution >= 0.6 is 0 Å². The van der Waals surface area contributed by atoms with Crippen LogP contribution in [0.15, 0.2) is 152 Å². The molecule has 0 N–H and O–H groups in total. The third-order valence-corrected chi connectivity index (χ3v) is 8.38. The van der Waals surface area contributed by atoms with Gasteiger partial charge in [-0.25, -0.2) is 0 Å². The Labute approximate surface area is 242 Å². The van der Waals surface area contributed by atoms with Gasteiger partial charge in [0.05, 0.1) is 0 Å². The van der Waals surface area contributed by atoms with Gasteiger partial charge in [0.15, 0.2) is 0 Å². The lowest BCUT2D eigenvalue weighted by Crippen LogP contribution is -1.90. The average Bonchev–Trinajstić information content (AvgIpc) is 3.04. The first-order valence-corrected chi connectivity index (χ1v) is 14.5. The van der Waals surface area contributed by atoms with Gasteiger partial charge in [-0.15, -0.1) is 0 Å². The van der Waals surface area contributed by atoms with Crippen molar-refractivity contribution in [1.82, 2.24) is 0 Å². The van der Waals surface area contributed by atoms with Crippen LogP contribution < -0.4 is 0 Å². The molecule has 0 amide bonds. The summed E-state index contributed by atoms with van der Waals surface area (Å²) >= 11 is 0. The highest BCUT2D eigenvalue weighted by Crippen LogP contribution is 2.39. The van der Waals surface area contributed by atoms with Crippen molar-refractivity contribution < 1.29 is 0 Å². The van der Waals surface area contributed by atoms with E-state index < -0.39 is 0 Å².